The van der Waals surface area contributed by atoms with Gasteiger partial charge in [-0.25, -0.2) is 0 Å². The Kier molecular flexibility index (Phi) is 5.03. The van der Waals surface area contributed by atoms with Crippen LogP contribution in [-0.2, 0) is 4.74 Å². The average Bonchev–Trinajstić information content (AvgIpc) is 3.41. The molecule has 146 valence electrons. The molecule has 3 N–H and O–H groups in total. The van der Waals surface area contributed by atoms with Gasteiger partial charge in [0.05, 0.1) is 13.2 Å². The first-order valence-electron chi connectivity index (χ1n) is 9.60. The Morgan fingerprint density at radius 2 is 2.00 bits per heavy atom. The second-order valence-corrected chi connectivity index (χ2v) is 9.39. The molecule has 8 nitrogen and oxygen atoms in total. The molecule has 2 aliphatic heterocycles. The molecule has 2 saturated heterocycles. The molecule has 0 bridgehead atoms. The Bertz CT molecular complexity index is 933. The van der Waals surface area contributed by atoms with E-state index in [1.165, 1.54) is 22.7 Å². The molecule has 3 aromatic rings. The maximum absolute atomic E-state index is 5.43. The number of benzene rings is 1. The summed E-state index contributed by atoms with van der Waals surface area (Å²) in [7, 11) is 0. The standard InChI is InChI=1S/C19H23N7OSe/c1-3-15(26-6-8-27-9-7-26)4-2-13(1)23-19-24-17-16(20-12-21-17)18(25-19)22-14-5-10-28-11-14/h1-4,12,14H,5-11H2,(H3,20,21,22,23,24,25)/t14-/m0/s1. The Balaban J connectivity index is 1.35. The molecule has 2 aliphatic rings. The Morgan fingerprint density at radius 3 is 2.79 bits per heavy atom. The number of hydrogen-bond donors (Lipinski definition) is 3. The fourth-order valence-corrected chi connectivity index (χ4v) is 5.96. The van der Waals surface area contributed by atoms with Crippen molar-refractivity contribution >= 4 is 49.3 Å². The molecular formula is C19H23N7OSe. The van der Waals surface area contributed by atoms with Gasteiger partial charge in [-0.15, -0.1) is 0 Å². The van der Waals surface area contributed by atoms with Crippen LogP contribution in [0.1, 0.15) is 6.42 Å². The average molecular weight is 444 g/mol. The maximum atomic E-state index is 5.43. The summed E-state index contributed by atoms with van der Waals surface area (Å²) in [5.41, 5.74) is 3.71. The Labute approximate surface area is 169 Å². The molecule has 5 rings (SSSR count). The van der Waals surface area contributed by atoms with Crippen LogP contribution < -0.4 is 15.5 Å². The number of ether oxygens (including phenoxy) is 1. The van der Waals surface area contributed by atoms with E-state index < -0.39 is 0 Å². The number of aromatic nitrogens is 4. The summed E-state index contributed by atoms with van der Waals surface area (Å²) in [6, 6.07) is 8.88. The zero-order chi connectivity index (χ0) is 18.8. The summed E-state index contributed by atoms with van der Waals surface area (Å²) in [6.45, 7) is 3.44. The fourth-order valence-electron chi connectivity index (χ4n) is 3.54. The van der Waals surface area contributed by atoms with Gasteiger partial charge in [-0.2, -0.15) is 0 Å². The van der Waals surface area contributed by atoms with E-state index in [9.17, 15) is 0 Å². The Hall–Kier alpha value is -2.35. The monoisotopic (exact) mass is 445 g/mol. The molecule has 2 fully saturated rings. The van der Waals surface area contributed by atoms with Gasteiger partial charge in [0, 0.05) is 13.1 Å². The van der Waals surface area contributed by atoms with Gasteiger partial charge in [-0.05, 0) is 0 Å². The van der Waals surface area contributed by atoms with Crippen molar-refractivity contribution in [2.45, 2.75) is 23.1 Å². The van der Waals surface area contributed by atoms with E-state index >= 15 is 0 Å². The molecule has 0 spiro atoms. The van der Waals surface area contributed by atoms with Crippen molar-refractivity contribution in [3.05, 3.63) is 30.6 Å². The van der Waals surface area contributed by atoms with Crippen LogP contribution in [-0.4, -0.2) is 67.2 Å². The summed E-state index contributed by atoms with van der Waals surface area (Å²) in [5, 5.41) is 9.49. The zero-order valence-corrected chi connectivity index (χ0v) is 17.2. The van der Waals surface area contributed by atoms with Gasteiger partial charge in [0.2, 0.25) is 0 Å². The predicted octanol–water partition coefficient (Wildman–Crippen LogP) is 2.66. The molecular weight excluding hydrogens is 421 g/mol. The van der Waals surface area contributed by atoms with Crippen molar-refractivity contribution in [1.82, 2.24) is 19.9 Å². The van der Waals surface area contributed by atoms with Crippen molar-refractivity contribution in [3.8, 4) is 0 Å². The van der Waals surface area contributed by atoms with Crippen LogP contribution in [0.3, 0.4) is 0 Å². The first-order chi connectivity index (χ1) is 13.8. The van der Waals surface area contributed by atoms with Gasteiger partial charge in [0.25, 0.3) is 0 Å². The predicted molar refractivity (Wildman–Crippen MR) is 112 cm³/mol. The normalized spacial score (nSPS) is 19.9. The van der Waals surface area contributed by atoms with Crippen LogP contribution in [0, 0.1) is 0 Å². The molecule has 0 amide bonds. The fraction of sp³-hybridized carbons (Fsp3) is 0.421. The minimum atomic E-state index is 0.502. The van der Waals surface area contributed by atoms with Gasteiger partial charge in [-0.3, -0.25) is 0 Å². The van der Waals surface area contributed by atoms with Crippen LogP contribution in [0.5, 0.6) is 0 Å². The molecule has 1 atom stereocenters. The number of fused-ring (bicyclic) bond motifs is 1. The molecule has 4 heterocycles. The van der Waals surface area contributed by atoms with Crippen LogP contribution in [0.25, 0.3) is 11.2 Å². The third kappa shape index (κ3) is 3.78. The second-order valence-electron chi connectivity index (χ2n) is 6.97. The van der Waals surface area contributed by atoms with E-state index in [4.69, 9.17) is 9.72 Å². The van der Waals surface area contributed by atoms with Crippen molar-refractivity contribution in [2.75, 3.05) is 41.8 Å². The molecule has 1 aromatic carbocycles. The van der Waals surface area contributed by atoms with Gasteiger partial charge in [0.15, 0.2) is 0 Å². The summed E-state index contributed by atoms with van der Waals surface area (Å²) < 4.78 is 5.43. The molecule has 0 radical (unpaired) electrons. The first-order valence-corrected chi connectivity index (χ1v) is 12.0. The van der Waals surface area contributed by atoms with Gasteiger partial charge in [-0.1, -0.05) is 0 Å². The molecule has 2 aromatic heterocycles. The second kappa shape index (κ2) is 7.95. The third-order valence-electron chi connectivity index (χ3n) is 5.06. The number of aromatic amines is 1. The third-order valence-corrected chi connectivity index (χ3v) is 7.49. The van der Waals surface area contributed by atoms with E-state index in [2.05, 4.69) is 54.8 Å². The van der Waals surface area contributed by atoms with Gasteiger partial charge >= 0.3 is 138 Å². The van der Waals surface area contributed by atoms with Gasteiger partial charge < -0.3 is 4.74 Å². The van der Waals surface area contributed by atoms with Crippen LogP contribution in [0.15, 0.2) is 30.6 Å². The SMILES string of the molecule is c1nc2nc(Nc3ccc(N4CCOCC4)cc3)nc(N[C@H]3CC[Se]C3)c2[nH]1. The summed E-state index contributed by atoms with van der Waals surface area (Å²) in [4.78, 5) is 19.1. The summed E-state index contributed by atoms with van der Waals surface area (Å²) in [5.74, 6) is 1.39. The molecule has 0 unspecified atom stereocenters. The van der Waals surface area contributed by atoms with Crippen molar-refractivity contribution in [2.24, 2.45) is 0 Å². The molecule has 9 heteroatoms. The molecule has 28 heavy (non-hydrogen) atoms. The van der Waals surface area contributed by atoms with Gasteiger partial charge in [0.1, 0.15) is 0 Å². The summed E-state index contributed by atoms with van der Waals surface area (Å²) >= 11 is 0.751. The number of anilines is 4. The minimum absolute atomic E-state index is 0.502. The van der Waals surface area contributed by atoms with E-state index in [1.807, 2.05) is 0 Å². The Morgan fingerprint density at radius 1 is 1.14 bits per heavy atom. The summed E-state index contributed by atoms with van der Waals surface area (Å²) in [6.07, 6.45) is 2.88. The topological polar surface area (TPSA) is 91.0 Å². The van der Waals surface area contributed by atoms with Crippen LogP contribution in [0.4, 0.5) is 23.1 Å². The quantitative estimate of drug-likeness (QED) is 0.522. The first kappa shape index (κ1) is 17.7. The molecule has 0 saturated carbocycles. The zero-order valence-electron chi connectivity index (χ0n) is 15.5. The van der Waals surface area contributed by atoms with Crippen molar-refractivity contribution in [1.29, 1.82) is 0 Å². The van der Waals surface area contributed by atoms with E-state index in [-0.39, 0.29) is 0 Å². The van der Waals surface area contributed by atoms with E-state index in [1.54, 1.807) is 6.33 Å². The van der Waals surface area contributed by atoms with Crippen LogP contribution in [0.2, 0.25) is 10.6 Å². The van der Waals surface area contributed by atoms with Crippen molar-refractivity contribution < 1.29 is 4.74 Å². The number of imidazole rings is 1. The number of hydrogen-bond acceptors (Lipinski definition) is 7. The van der Waals surface area contributed by atoms with E-state index in [0.717, 1.165) is 58.3 Å². The number of rotatable bonds is 5. The van der Waals surface area contributed by atoms with Crippen molar-refractivity contribution in [3.63, 3.8) is 0 Å². The molecule has 0 aliphatic carbocycles. The van der Waals surface area contributed by atoms with Crippen LogP contribution >= 0.6 is 0 Å². The number of nitrogens with one attached hydrogen (secondary N) is 3. The number of morpholine rings is 1. The number of nitrogens with zero attached hydrogens (tertiary/aromatic N) is 4. The van der Waals surface area contributed by atoms with E-state index in [0.29, 0.717) is 17.6 Å². The number of H-pyrrole nitrogens is 1.